The summed E-state index contributed by atoms with van der Waals surface area (Å²) in [6.45, 7) is 0.971. The molecule has 4 heterocycles. The molecule has 2 aromatic heterocycles. The lowest BCUT2D eigenvalue weighted by molar-refractivity contribution is 0.0611. The van der Waals surface area contributed by atoms with Gasteiger partial charge in [0.1, 0.15) is 23.1 Å². The fourth-order valence-corrected chi connectivity index (χ4v) is 4.75. The molecule has 1 aromatic carbocycles. The number of aliphatic imine (C=N–C) groups is 1. The molecule has 0 radical (unpaired) electrons. The molecule has 8 nitrogen and oxygen atoms in total. The second-order valence-corrected chi connectivity index (χ2v) is 8.99. The number of amidine groups is 1. The minimum Gasteiger partial charge on any atom is -0.496 e. The topological polar surface area (TPSA) is 94.6 Å². The van der Waals surface area contributed by atoms with Gasteiger partial charge in [0.25, 0.3) is 5.91 Å². The molecule has 2 aliphatic heterocycles. The number of aromatic nitrogens is 2. The molecule has 0 unspecified atom stereocenters. The maximum absolute atomic E-state index is 14.7. The van der Waals surface area contributed by atoms with Gasteiger partial charge in [0, 0.05) is 42.5 Å². The lowest BCUT2D eigenvalue weighted by atomic mass is 10.0. The molecule has 1 saturated heterocycles. The highest BCUT2D eigenvalue weighted by molar-refractivity contribution is 6.31. The summed E-state index contributed by atoms with van der Waals surface area (Å²) >= 11 is 6.12. The van der Waals surface area contributed by atoms with Crippen molar-refractivity contribution in [2.24, 2.45) is 4.99 Å². The van der Waals surface area contributed by atoms with E-state index in [1.54, 1.807) is 37.7 Å². The van der Waals surface area contributed by atoms with Crippen LogP contribution >= 0.6 is 11.6 Å². The molecule has 35 heavy (non-hydrogen) atoms. The highest BCUT2D eigenvalue weighted by Crippen LogP contribution is 2.25. The van der Waals surface area contributed by atoms with Crippen LogP contribution in [-0.2, 0) is 0 Å². The van der Waals surface area contributed by atoms with Crippen molar-refractivity contribution >= 4 is 34.4 Å². The predicted molar refractivity (Wildman–Crippen MR) is 133 cm³/mol. The number of H-pyrrole nitrogens is 1. The molecule has 0 aliphatic carbocycles. The van der Waals surface area contributed by atoms with Crippen LogP contribution < -0.4 is 15.4 Å². The largest absolute Gasteiger partial charge is 0.496 e. The Balaban J connectivity index is 1.30. The Hall–Kier alpha value is -3.59. The average molecular weight is 497 g/mol. The molecule has 1 atom stereocenters. The van der Waals surface area contributed by atoms with Crippen LogP contribution in [0.1, 0.15) is 35.2 Å². The standard InChI is InChI=1S/C25H26ClFN6O2/c1-35-21-8-3-2-7-17(21)25(34)33-9-5-4-6-16(33)12-29-24-20(27)14-31-23(32-24)19-13-30-22-18(19)10-15(26)11-28-22/h2-3,7-8,10-11,13,16,29H,4-6,9,12,14H2,1H3,(H,28,30)(H,31,32)/t16-/m1/s1. The molecule has 0 bridgehead atoms. The minimum absolute atomic E-state index is 0.0783. The Morgan fingerprint density at radius 3 is 3.06 bits per heavy atom. The molecule has 3 N–H and O–H groups in total. The predicted octanol–water partition coefficient (Wildman–Crippen LogP) is 4.00. The van der Waals surface area contributed by atoms with Crippen LogP contribution in [0.4, 0.5) is 4.39 Å². The van der Waals surface area contributed by atoms with Crippen molar-refractivity contribution in [1.82, 2.24) is 25.5 Å². The summed E-state index contributed by atoms with van der Waals surface area (Å²) < 4.78 is 20.1. The highest BCUT2D eigenvalue weighted by atomic mass is 35.5. The van der Waals surface area contributed by atoms with E-state index in [0.717, 1.165) is 30.2 Å². The number of methoxy groups -OCH3 is 1. The number of likely N-dealkylation sites (tertiary alicyclic amines) is 1. The van der Waals surface area contributed by atoms with Gasteiger partial charge in [-0.05, 0) is 37.5 Å². The monoisotopic (exact) mass is 496 g/mol. The number of rotatable bonds is 6. The van der Waals surface area contributed by atoms with Crippen molar-refractivity contribution in [3.63, 3.8) is 0 Å². The van der Waals surface area contributed by atoms with Gasteiger partial charge in [0.2, 0.25) is 0 Å². The van der Waals surface area contributed by atoms with Gasteiger partial charge < -0.3 is 25.3 Å². The van der Waals surface area contributed by atoms with E-state index in [4.69, 9.17) is 16.3 Å². The quantitative estimate of drug-likeness (QED) is 0.479. The van der Waals surface area contributed by atoms with Crippen molar-refractivity contribution in [2.75, 3.05) is 26.7 Å². The van der Waals surface area contributed by atoms with Crippen LogP contribution in [0.15, 0.2) is 59.4 Å². The van der Waals surface area contributed by atoms with Gasteiger partial charge >= 0.3 is 0 Å². The second-order valence-electron chi connectivity index (χ2n) is 8.55. The van der Waals surface area contributed by atoms with Crippen molar-refractivity contribution in [3.8, 4) is 5.75 Å². The van der Waals surface area contributed by atoms with E-state index in [2.05, 4.69) is 25.6 Å². The summed E-state index contributed by atoms with van der Waals surface area (Å²) in [5, 5.41) is 7.58. The zero-order valence-corrected chi connectivity index (χ0v) is 20.0. The zero-order chi connectivity index (χ0) is 24.4. The number of amides is 1. The zero-order valence-electron chi connectivity index (χ0n) is 19.3. The molecule has 0 saturated carbocycles. The third-order valence-corrected chi connectivity index (χ3v) is 6.59. The molecule has 2 aliphatic rings. The molecule has 1 amide bonds. The Morgan fingerprint density at radius 2 is 2.20 bits per heavy atom. The Morgan fingerprint density at radius 1 is 1.34 bits per heavy atom. The number of hydrogen-bond donors (Lipinski definition) is 3. The summed E-state index contributed by atoms with van der Waals surface area (Å²) in [6, 6.07) is 8.94. The first-order valence-corrected chi connectivity index (χ1v) is 11.9. The van der Waals surface area contributed by atoms with Crippen molar-refractivity contribution in [1.29, 1.82) is 0 Å². The van der Waals surface area contributed by atoms with Gasteiger partial charge in [-0.2, -0.15) is 0 Å². The van der Waals surface area contributed by atoms with E-state index in [-0.39, 0.29) is 30.1 Å². The number of para-hydroxylation sites is 1. The lowest BCUT2D eigenvalue weighted by Crippen LogP contribution is -2.50. The normalized spacial score (nSPS) is 18.3. The molecule has 3 aromatic rings. The van der Waals surface area contributed by atoms with Crippen LogP contribution in [0.5, 0.6) is 5.75 Å². The number of carbonyl (C=O) groups is 1. The number of piperidine rings is 1. The second kappa shape index (κ2) is 9.95. The first kappa shape index (κ1) is 23.2. The third-order valence-electron chi connectivity index (χ3n) is 6.38. The SMILES string of the molecule is COc1ccccc1C(=O)N1CCCC[C@@H]1CNC1=C(F)CN=C(c2c[nH]c3ncc(Cl)cc23)N1. The van der Waals surface area contributed by atoms with E-state index in [0.29, 0.717) is 40.9 Å². The summed E-state index contributed by atoms with van der Waals surface area (Å²) in [7, 11) is 1.56. The number of carbonyl (C=O) groups excluding carboxylic acids is 1. The molecule has 0 spiro atoms. The number of fused-ring (bicyclic) bond motifs is 1. The van der Waals surface area contributed by atoms with E-state index in [1.807, 2.05) is 17.0 Å². The molecule has 1 fully saturated rings. The number of hydrogen-bond acceptors (Lipinski definition) is 6. The maximum atomic E-state index is 14.7. The van der Waals surface area contributed by atoms with Crippen LogP contribution in [0.2, 0.25) is 5.02 Å². The van der Waals surface area contributed by atoms with Crippen molar-refractivity contribution in [3.05, 3.63) is 70.5 Å². The maximum Gasteiger partial charge on any atom is 0.257 e. The van der Waals surface area contributed by atoms with E-state index in [1.165, 1.54) is 0 Å². The van der Waals surface area contributed by atoms with Gasteiger partial charge in [-0.1, -0.05) is 23.7 Å². The summed E-state index contributed by atoms with van der Waals surface area (Å²) in [6.07, 6.45) is 6.11. The first-order valence-electron chi connectivity index (χ1n) is 11.6. The van der Waals surface area contributed by atoms with E-state index in [9.17, 15) is 9.18 Å². The molecular weight excluding hydrogens is 471 g/mol. The van der Waals surface area contributed by atoms with Gasteiger partial charge in [0.15, 0.2) is 5.83 Å². The number of ether oxygens (including phenoxy) is 1. The number of aromatic amines is 1. The highest BCUT2D eigenvalue weighted by Gasteiger charge is 2.30. The number of halogens is 2. The Labute approximate surface area is 207 Å². The summed E-state index contributed by atoms with van der Waals surface area (Å²) in [5.74, 6) is 0.865. The minimum atomic E-state index is -0.386. The molecular formula is C25H26ClFN6O2. The van der Waals surface area contributed by atoms with Crippen molar-refractivity contribution < 1.29 is 13.9 Å². The average Bonchev–Trinajstić information content (AvgIpc) is 3.31. The van der Waals surface area contributed by atoms with Crippen LogP contribution in [-0.4, -0.2) is 59.4 Å². The van der Waals surface area contributed by atoms with Crippen molar-refractivity contribution in [2.45, 2.75) is 25.3 Å². The summed E-state index contributed by atoms with van der Waals surface area (Å²) in [4.78, 5) is 26.9. The Kier molecular flexibility index (Phi) is 6.59. The lowest BCUT2D eigenvalue weighted by Gasteiger charge is -2.36. The van der Waals surface area contributed by atoms with Crippen LogP contribution in [0.25, 0.3) is 11.0 Å². The van der Waals surface area contributed by atoms with Gasteiger partial charge in [-0.25, -0.2) is 9.37 Å². The van der Waals surface area contributed by atoms with Crippen LogP contribution in [0.3, 0.4) is 0 Å². The summed E-state index contributed by atoms with van der Waals surface area (Å²) in [5.41, 5.74) is 1.96. The van der Waals surface area contributed by atoms with Gasteiger partial charge in [0.05, 0.1) is 24.2 Å². The van der Waals surface area contributed by atoms with E-state index < -0.39 is 0 Å². The number of nitrogens with one attached hydrogen (secondary N) is 3. The molecule has 5 rings (SSSR count). The smallest absolute Gasteiger partial charge is 0.257 e. The number of benzene rings is 1. The molecule has 182 valence electrons. The third kappa shape index (κ3) is 4.68. The van der Waals surface area contributed by atoms with Gasteiger partial charge in [-0.15, -0.1) is 0 Å². The van der Waals surface area contributed by atoms with Crippen LogP contribution in [0, 0.1) is 0 Å². The number of nitrogens with zero attached hydrogens (tertiary/aromatic N) is 3. The first-order chi connectivity index (χ1) is 17.0. The van der Waals surface area contributed by atoms with Gasteiger partial charge in [-0.3, -0.25) is 9.79 Å². The number of pyridine rings is 1. The molecule has 10 heteroatoms. The van der Waals surface area contributed by atoms with E-state index >= 15 is 0 Å². The Bertz CT molecular complexity index is 1320. The fraction of sp³-hybridized carbons (Fsp3) is 0.320. The fourth-order valence-electron chi connectivity index (χ4n) is 4.60.